The van der Waals surface area contributed by atoms with Gasteiger partial charge in [0.15, 0.2) is 0 Å². The van der Waals surface area contributed by atoms with E-state index in [9.17, 15) is 9.59 Å². The van der Waals surface area contributed by atoms with Crippen LogP contribution in [0, 0.1) is 6.92 Å². The van der Waals surface area contributed by atoms with Crippen LogP contribution in [0.1, 0.15) is 37.6 Å². The molecular formula is C19H25N3O2S. The molecule has 1 aliphatic rings. The van der Waals surface area contributed by atoms with E-state index in [0.29, 0.717) is 12.3 Å². The average molecular weight is 359 g/mol. The van der Waals surface area contributed by atoms with Crippen molar-refractivity contribution in [3.05, 3.63) is 35.0 Å². The summed E-state index contributed by atoms with van der Waals surface area (Å²) in [5.41, 5.74) is 4.70. The Morgan fingerprint density at radius 3 is 2.84 bits per heavy atom. The van der Waals surface area contributed by atoms with Crippen LogP contribution in [-0.2, 0) is 22.6 Å². The smallest absolute Gasteiger partial charge is 0.243 e. The van der Waals surface area contributed by atoms with E-state index in [0.717, 1.165) is 17.5 Å². The van der Waals surface area contributed by atoms with E-state index >= 15 is 0 Å². The van der Waals surface area contributed by atoms with Gasteiger partial charge in [0.05, 0.1) is 4.75 Å². The van der Waals surface area contributed by atoms with Crippen molar-refractivity contribution in [1.29, 1.82) is 0 Å². The normalized spacial score (nSPS) is 19.7. The number of fused-ring (bicyclic) bond motifs is 1. The summed E-state index contributed by atoms with van der Waals surface area (Å²) < 4.78 is -0.468. The third kappa shape index (κ3) is 3.54. The Kier molecular flexibility index (Phi) is 4.82. The molecule has 0 spiro atoms. The molecule has 2 amide bonds. The predicted octanol–water partition coefficient (Wildman–Crippen LogP) is 2.67. The van der Waals surface area contributed by atoms with Crippen LogP contribution in [0.5, 0.6) is 0 Å². The molecule has 3 rings (SSSR count). The van der Waals surface area contributed by atoms with E-state index in [1.165, 1.54) is 28.4 Å². The lowest BCUT2D eigenvalue weighted by atomic mass is 10.1. The highest BCUT2D eigenvalue weighted by Crippen LogP contribution is 2.29. The Bertz CT molecular complexity index is 825. The minimum absolute atomic E-state index is 0.0830. The van der Waals surface area contributed by atoms with Gasteiger partial charge in [0.25, 0.3) is 0 Å². The van der Waals surface area contributed by atoms with Gasteiger partial charge >= 0.3 is 0 Å². The van der Waals surface area contributed by atoms with E-state index in [-0.39, 0.29) is 11.8 Å². The number of H-pyrrole nitrogens is 1. The Labute approximate surface area is 152 Å². The van der Waals surface area contributed by atoms with E-state index in [4.69, 9.17) is 0 Å². The number of amides is 2. The van der Waals surface area contributed by atoms with E-state index in [2.05, 4.69) is 41.6 Å². The molecule has 1 aromatic carbocycles. The first-order valence-electron chi connectivity index (χ1n) is 8.64. The van der Waals surface area contributed by atoms with Crippen molar-refractivity contribution in [3.63, 3.8) is 0 Å². The van der Waals surface area contributed by atoms with Crippen molar-refractivity contribution in [2.75, 3.05) is 5.75 Å². The van der Waals surface area contributed by atoms with Crippen molar-refractivity contribution in [2.45, 2.75) is 51.4 Å². The predicted molar refractivity (Wildman–Crippen MR) is 103 cm³/mol. The fourth-order valence-electron chi connectivity index (χ4n) is 3.08. The van der Waals surface area contributed by atoms with Crippen molar-refractivity contribution < 1.29 is 9.59 Å². The lowest BCUT2D eigenvalue weighted by Crippen LogP contribution is -2.57. The van der Waals surface area contributed by atoms with E-state index in [1.54, 1.807) is 0 Å². The van der Waals surface area contributed by atoms with E-state index in [1.807, 2.05) is 19.9 Å². The molecule has 134 valence electrons. The number of carbonyl (C=O) groups excluding carboxylic acids is 2. The molecule has 0 saturated carbocycles. The zero-order chi connectivity index (χ0) is 18.2. The van der Waals surface area contributed by atoms with E-state index < -0.39 is 10.8 Å². The topological polar surface area (TPSA) is 74.0 Å². The molecule has 1 saturated heterocycles. The molecule has 0 bridgehead atoms. The van der Waals surface area contributed by atoms with Gasteiger partial charge in [-0.1, -0.05) is 13.0 Å². The van der Waals surface area contributed by atoms with Crippen LogP contribution < -0.4 is 10.6 Å². The molecular weight excluding hydrogens is 334 g/mol. The summed E-state index contributed by atoms with van der Waals surface area (Å²) >= 11 is 1.52. The summed E-state index contributed by atoms with van der Waals surface area (Å²) in [5.74, 6) is 0.386. The number of benzene rings is 1. The monoisotopic (exact) mass is 359 g/mol. The first-order chi connectivity index (χ1) is 11.8. The summed E-state index contributed by atoms with van der Waals surface area (Å²) in [4.78, 5) is 27.8. The van der Waals surface area contributed by atoms with Gasteiger partial charge in [-0.3, -0.25) is 9.59 Å². The van der Waals surface area contributed by atoms with Gasteiger partial charge in [0, 0.05) is 28.9 Å². The number of aryl methyl sites for hydroxylation is 2. The minimum atomic E-state index is -0.468. The Hall–Kier alpha value is -1.95. The zero-order valence-corrected chi connectivity index (χ0v) is 16.0. The highest BCUT2D eigenvalue weighted by molar-refractivity contribution is 8.01. The van der Waals surface area contributed by atoms with Crippen LogP contribution in [-0.4, -0.2) is 33.3 Å². The first-order valence-corrected chi connectivity index (χ1v) is 9.63. The van der Waals surface area contributed by atoms with Crippen molar-refractivity contribution >= 4 is 34.5 Å². The number of nitrogens with one attached hydrogen (secondary N) is 3. The number of rotatable bonds is 4. The zero-order valence-electron chi connectivity index (χ0n) is 15.2. The molecule has 1 aromatic heterocycles. The summed E-state index contributed by atoms with van der Waals surface area (Å²) in [5, 5.41) is 6.96. The van der Waals surface area contributed by atoms with Gasteiger partial charge in [-0.05, 0) is 50.5 Å². The van der Waals surface area contributed by atoms with Gasteiger partial charge in [-0.15, -0.1) is 11.8 Å². The summed E-state index contributed by atoms with van der Waals surface area (Å²) in [6.07, 6.45) is 0.974. The maximum absolute atomic E-state index is 12.4. The van der Waals surface area contributed by atoms with Crippen molar-refractivity contribution in [3.8, 4) is 0 Å². The van der Waals surface area contributed by atoms with Crippen LogP contribution in [0.15, 0.2) is 18.2 Å². The van der Waals surface area contributed by atoms with Gasteiger partial charge in [0.2, 0.25) is 11.8 Å². The van der Waals surface area contributed by atoms with Crippen LogP contribution in [0.4, 0.5) is 0 Å². The Balaban J connectivity index is 1.65. The second-order valence-electron chi connectivity index (χ2n) is 7.03. The minimum Gasteiger partial charge on any atom is -0.358 e. The molecule has 0 radical (unpaired) electrons. The number of hydrogen-bond acceptors (Lipinski definition) is 3. The van der Waals surface area contributed by atoms with Crippen molar-refractivity contribution in [1.82, 2.24) is 15.6 Å². The van der Waals surface area contributed by atoms with Crippen LogP contribution in [0.2, 0.25) is 0 Å². The summed E-state index contributed by atoms with van der Waals surface area (Å²) in [6, 6.07) is 5.74. The molecule has 3 N–H and O–H groups in total. The largest absolute Gasteiger partial charge is 0.358 e. The first kappa shape index (κ1) is 17.9. The fraction of sp³-hybridized carbons (Fsp3) is 0.474. The fourth-order valence-corrected chi connectivity index (χ4v) is 4.09. The SMILES string of the molecule is CCc1[nH]c2ccc(CNC(=O)C3CSC(C)(C)C(=O)N3)cc2c1C. The number of aromatic nitrogens is 1. The molecule has 1 atom stereocenters. The molecule has 2 aromatic rings. The highest BCUT2D eigenvalue weighted by Gasteiger charge is 2.37. The molecule has 0 aliphatic carbocycles. The number of carbonyl (C=O) groups is 2. The number of aromatic amines is 1. The molecule has 1 fully saturated rings. The van der Waals surface area contributed by atoms with Gasteiger partial charge in [-0.2, -0.15) is 0 Å². The second kappa shape index (κ2) is 6.75. The van der Waals surface area contributed by atoms with Crippen LogP contribution in [0.25, 0.3) is 10.9 Å². The number of thioether (sulfide) groups is 1. The Morgan fingerprint density at radius 2 is 2.16 bits per heavy atom. The molecule has 25 heavy (non-hydrogen) atoms. The lowest BCUT2D eigenvalue weighted by molar-refractivity contribution is -0.129. The maximum Gasteiger partial charge on any atom is 0.243 e. The molecule has 1 unspecified atom stereocenters. The van der Waals surface area contributed by atoms with Crippen LogP contribution in [0.3, 0.4) is 0 Å². The van der Waals surface area contributed by atoms with Crippen molar-refractivity contribution in [2.24, 2.45) is 0 Å². The highest BCUT2D eigenvalue weighted by atomic mass is 32.2. The van der Waals surface area contributed by atoms with Gasteiger partial charge in [-0.25, -0.2) is 0 Å². The number of hydrogen-bond donors (Lipinski definition) is 3. The summed E-state index contributed by atoms with van der Waals surface area (Å²) in [6.45, 7) is 8.47. The average Bonchev–Trinajstić information content (AvgIpc) is 2.91. The molecule has 1 aliphatic heterocycles. The quantitative estimate of drug-likeness (QED) is 0.786. The van der Waals surface area contributed by atoms with Gasteiger partial charge < -0.3 is 15.6 Å². The molecule has 6 heteroatoms. The summed E-state index contributed by atoms with van der Waals surface area (Å²) in [7, 11) is 0. The second-order valence-corrected chi connectivity index (χ2v) is 8.67. The lowest BCUT2D eigenvalue weighted by Gasteiger charge is -2.32. The molecule has 5 nitrogen and oxygen atoms in total. The molecule has 2 heterocycles. The van der Waals surface area contributed by atoms with Gasteiger partial charge in [0.1, 0.15) is 6.04 Å². The Morgan fingerprint density at radius 1 is 1.40 bits per heavy atom. The third-order valence-electron chi connectivity index (χ3n) is 4.83. The maximum atomic E-state index is 12.4. The third-order valence-corrected chi connectivity index (χ3v) is 6.23. The standard InChI is InChI=1S/C19H25N3O2S/c1-5-14-11(2)13-8-12(6-7-15(13)21-14)9-20-17(23)16-10-25-19(3,4)18(24)22-16/h6-8,16,21H,5,9-10H2,1-4H3,(H,20,23)(H,22,24). The van der Waals surface area contributed by atoms with Crippen LogP contribution >= 0.6 is 11.8 Å².